The Morgan fingerprint density at radius 3 is 2.89 bits per heavy atom. The molecule has 4 heteroatoms. The molecule has 4 nitrogen and oxygen atoms in total. The first kappa shape index (κ1) is 12.6. The van der Waals surface area contributed by atoms with E-state index >= 15 is 0 Å². The van der Waals surface area contributed by atoms with Gasteiger partial charge in [-0.25, -0.2) is 0 Å². The van der Waals surface area contributed by atoms with Gasteiger partial charge in [0.15, 0.2) is 0 Å². The topological polar surface area (TPSA) is 58.2 Å². The van der Waals surface area contributed by atoms with Crippen LogP contribution in [-0.4, -0.2) is 24.4 Å². The van der Waals surface area contributed by atoms with Gasteiger partial charge in [-0.15, -0.1) is 0 Å². The minimum Gasteiger partial charge on any atom is -0.354 e. The van der Waals surface area contributed by atoms with Gasteiger partial charge in [0.2, 0.25) is 5.91 Å². The van der Waals surface area contributed by atoms with E-state index in [-0.39, 0.29) is 11.8 Å². The molecule has 2 amide bonds. The van der Waals surface area contributed by atoms with E-state index < -0.39 is 6.04 Å². The van der Waals surface area contributed by atoms with Gasteiger partial charge in [-0.2, -0.15) is 0 Å². The van der Waals surface area contributed by atoms with Crippen LogP contribution < -0.4 is 10.6 Å². The average molecular weight is 246 g/mol. The first-order chi connectivity index (χ1) is 8.58. The summed E-state index contributed by atoms with van der Waals surface area (Å²) in [6, 6.07) is 5.35. The zero-order valence-corrected chi connectivity index (χ0v) is 10.7. The SMILES string of the molecule is Cc1ccc(C)c(C(=O)NC2CCCNC2=O)c1. The molecule has 1 saturated heterocycles. The fraction of sp³-hybridized carbons (Fsp3) is 0.429. The van der Waals surface area contributed by atoms with Crippen LogP contribution in [0.25, 0.3) is 0 Å². The number of benzene rings is 1. The number of carbonyl (C=O) groups excluding carboxylic acids is 2. The van der Waals surface area contributed by atoms with Crippen molar-refractivity contribution in [3.05, 3.63) is 34.9 Å². The Bertz CT molecular complexity index is 483. The predicted molar refractivity (Wildman–Crippen MR) is 69.4 cm³/mol. The lowest BCUT2D eigenvalue weighted by atomic mass is 10.0. The summed E-state index contributed by atoms with van der Waals surface area (Å²) in [6.07, 6.45) is 1.62. The van der Waals surface area contributed by atoms with Crippen molar-refractivity contribution in [2.45, 2.75) is 32.7 Å². The van der Waals surface area contributed by atoms with Crippen LogP contribution in [-0.2, 0) is 4.79 Å². The molecule has 1 unspecified atom stereocenters. The van der Waals surface area contributed by atoms with Crippen molar-refractivity contribution in [3.63, 3.8) is 0 Å². The summed E-state index contributed by atoms with van der Waals surface area (Å²) >= 11 is 0. The van der Waals surface area contributed by atoms with Crippen molar-refractivity contribution >= 4 is 11.8 Å². The molecule has 1 heterocycles. The monoisotopic (exact) mass is 246 g/mol. The zero-order chi connectivity index (χ0) is 13.1. The normalized spacial score (nSPS) is 19.2. The maximum absolute atomic E-state index is 12.1. The van der Waals surface area contributed by atoms with Crippen LogP contribution in [0.1, 0.15) is 34.3 Å². The number of nitrogens with one attached hydrogen (secondary N) is 2. The molecule has 1 fully saturated rings. The predicted octanol–water partition coefficient (Wildman–Crippen LogP) is 1.31. The Labute approximate surface area is 107 Å². The molecular formula is C14H18N2O2. The Balaban J connectivity index is 2.11. The lowest BCUT2D eigenvalue weighted by Gasteiger charge is -2.23. The number of carbonyl (C=O) groups is 2. The Kier molecular flexibility index (Phi) is 3.65. The Morgan fingerprint density at radius 2 is 2.17 bits per heavy atom. The molecule has 0 radical (unpaired) electrons. The molecule has 0 aliphatic carbocycles. The lowest BCUT2D eigenvalue weighted by Crippen LogP contribution is -2.50. The minimum atomic E-state index is -0.397. The maximum atomic E-state index is 12.1. The number of piperidine rings is 1. The number of rotatable bonds is 2. The van der Waals surface area contributed by atoms with E-state index in [4.69, 9.17) is 0 Å². The van der Waals surface area contributed by atoms with Crippen LogP contribution in [0.3, 0.4) is 0 Å². The summed E-state index contributed by atoms with van der Waals surface area (Å²) in [7, 11) is 0. The van der Waals surface area contributed by atoms with Gasteiger partial charge in [0.1, 0.15) is 6.04 Å². The highest BCUT2D eigenvalue weighted by molar-refractivity contribution is 5.98. The zero-order valence-electron chi connectivity index (χ0n) is 10.7. The molecule has 96 valence electrons. The second-order valence-corrected chi connectivity index (χ2v) is 4.78. The standard InChI is InChI=1S/C14H18N2O2/c1-9-5-6-10(2)11(8-9)13(17)16-12-4-3-7-15-14(12)18/h5-6,8,12H,3-4,7H2,1-2H3,(H,15,18)(H,16,17). The molecule has 0 spiro atoms. The quantitative estimate of drug-likeness (QED) is 0.826. The van der Waals surface area contributed by atoms with Gasteiger partial charge in [-0.1, -0.05) is 17.7 Å². The smallest absolute Gasteiger partial charge is 0.252 e. The van der Waals surface area contributed by atoms with Crippen LogP contribution in [0.15, 0.2) is 18.2 Å². The third kappa shape index (κ3) is 2.70. The van der Waals surface area contributed by atoms with Crippen molar-refractivity contribution in [2.24, 2.45) is 0 Å². The molecule has 2 rings (SSSR count). The molecule has 0 aromatic heterocycles. The van der Waals surface area contributed by atoms with E-state index in [1.165, 1.54) is 0 Å². The summed E-state index contributed by atoms with van der Waals surface area (Å²) in [5.74, 6) is -0.252. The van der Waals surface area contributed by atoms with Crippen LogP contribution in [0, 0.1) is 13.8 Å². The first-order valence-corrected chi connectivity index (χ1v) is 6.24. The number of amides is 2. The summed E-state index contributed by atoms with van der Waals surface area (Å²) in [5, 5.41) is 5.56. The summed E-state index contributed by atoms with van der Waals surface area (Å²) < 4.78 is 0. The van der Waals surface area contributed by atoms with Gasteiger partial charge in [0.05, 0.1) is 0 Å². The second-order valence-electron chi connectivity index (χ2n) is 4.78. The molecule has 1 aliphatic heterocycles. The lowest BCUT2D eigenvalue weighted by molar-refractivity contribution is -0.124. The van der Waals surface area contributed by atoms with Crippen molar-refractivity contribution < 1.29 is 9.59 Å². The van der Waals surface area contributed by atoms with Crippen LogP contribution in [0.4, 0.5) is 0 Å². The van der Waals surface area contributed by atoms with Gasteiger partial charge >= 0.3 is 0 Å². The van der Waals surface area contributed by atoms with E-state index in [1.54, 1.807) is 0 Å². The van der Waals surface area contributed by atoms with E-state index in [0.717, 1.165) is 17.5 Å². The summed E-state index contributed by atoms with van der Waals surface area (Å²) in [4.78, 5) is 23.7. The van der Waals surface area contributed by atoms with Crippen molar-refractivity contribution in [2.75, 3.05) is 6.54 Å². The highest BCUT2D eigenvalue weighted by Gasteiger charge is 2.24. The third-order valence-corrected chi connectivity index (χ3v) is 3.23. The average Bonchev–Trinajstić information content (AvgIpc) is 2.35. The summed E-state index contributed by atoms with van der Waals surface area (Å²) in [6.45, 7) is 4.55. The van der Waals surface area contributed by atoms with Gasteiger partial charge < -0.3 is 10.6 Å². The van der Waals surface area contributed by atoms with E-state index in [0.29, 0.717) is 18.5 Å². The maximum Gasteiger partial charge on any atom is 0.252 e. The molecular weight excluding hydrogens is 228 g/mol. The molecule has 18 heavy (non-hydrogen) atoms. The highest BCUT2D eigenvalue weighted by Crippen LogP contribution is 2.12. The first-order valence-electron chi connectivity index (χ1n) is 6.24. The van der Waals surface area contributed by atoms with Crippen molar-refractivity contribution in [3.8, 4) is 0 Å². The molecule has 2 N–H and O–H groups in total. The molecule has 1 atom stereocenters. The van der Waals surface area contributed by atoms with Crippen molar-refractivity contribution in [1.82, 2.24) is 10.6 Å². The van der Waals surface area contributed by atoms with Crippen LogP contribution in [0.5, 0.6) is 0 Å². The fourth-order valence-electron chi connectivity index (χ4n) is 2.13. The Hall–Kier alpha value is -1.84. The van der Waals surface area contributed by atoms with Crippen LogP contribution >= 0.6 is 0 Å². The number of hydrogen-bond acceptors (Lipinski definition) is 2. The number of aryl methyl sites for hydroxylation is 2. The van der Waals surface area contributed by atoms with E-state index in [9.17, 15) is 9.59 Å². The van der Waals surface area contributed by atoms with Crippen molar-refractivity contribution in [1.29, 1.82) is 0 Å². The highest BCUT2D eigenvalue weighted by atomic mass is 16.2. The fourth-order valence-corrected chi connectivity index (χ4v) is 2.13. The van der Waals surface area contributed by atoms with E-state index in [2.05, 4.69) is 10.6 Å². The molecule has 0 bridgehead atoms. The van der Waals surface area contributed by atoms with Gasteiger partial charge in [0.25, 0.3) is 5.91 Å². The van der Waals surface area contributed by atoms with Gasteiger partial charge in [-0.3, -0.25) is 9.59 Å². The molecule has 1 aliphatic rings. The summed E-state index contributed by atoms with van der Waals surface area (Å²) in [5.41, 5.74) is 2.61. The van der Waals surface area contributed by atoms with Gasteiger partial charge in [0, 0.05) is 12.1 Å². The van der Waals surface area contributed by atoms with E-state index in [1.807, 2.05) is 32.0 Å². The number of hydrogen-bond donors (Lipinski definition) is 2. The third-order valence-electron chi connectivity index (χ3n) is 3.23. The minimum absolute atomic E-state index is 0.0834. The largest absolute Gasteiger partial charge is 0.354 e. The molecule has 1 aromatic rings. The van der Waals surface area contributed by atoms with Crippen LogP contribution in [0.2, 0.25) is 0 Å². The molecule has 1 aromatic carbocycles. The molecule has 0 saturated carbocycles. The second kappa shape index (κ2) is 5.21. The Morgan fingerprint density at radius 1 is 1.39 bits per heavy atom. The van der Waals surface area contributed by atoms with Gasteiger partial charge in [-0.05, 0) is 38.3 Å².